The van der Waals surface area contributed by atoms with Gasteiger partial charge in [-0.2, -0.15) is 0 Å². The molecule has 4 aliphatic rings. The Morgan fingerprint density at radius 2 is 1.23 bits per heavy atom. The van der Waals surface area contributed by atoms with Crippen LogP contribution in [0, 0.1) is 11.8 Å². The fourth-order valence-electron chi connectivity index (χ4n) is 6.68. The summed E-state index contributed by atoms with van der Waals surface area (Å²) in [7, 11) is 2.94. The summed E-state index contributed by atoms with van der Waals surface area (Å²) in [5.41, 5.74) is 1.70. The van der Waals surface area contributed by atoms with E-state index in [1.54, 1.807) is 30.3 Å². The molecule has 7 N–H and O–H groups in total. The molecule has 260 valence electrons. The molecule has 4 saturated heterocycles. The molecular weight excluding hydrogens is 624 g/mol. The van der Waals surface area contributed by atoms with E-state index in [0.717, 1.165) is 11.1 Å². The predicted octanol–water partition coefficient (Wildman–Crippen LogP) is -0.485. The molecule has 0 bridgehead atoms. The second kappa shape index (κ2) is 14.0. The predicted molar refractivity (Wildman–Crippen MR) is 158 cm³/mol. The number of methoxy groups -OCH3 is 2. The van der Waals surface area contributed by atoms with Crippen LogP contribution in [0.3, 0.4) is 0 Å². The van der Waals surface area contributed by atoms with Crippen LogP contribution in [0.15, 0.2) is 36.4 Å². The van der Waals surface area contributed by atoms with Gasteiger partial charge in [-0.05, 0) is 42.3 Å². The van der Waals surface area contributed by atoms with Gasteiger partial charge in [0.15, 0.2) is 29.3 Å². The van der Waals surface area contributed by atoms with Crippen molar-refractivity contribution < 1.29 is 73.6 Å². The Morgan fingerprint density at radius 3 is 1.87 bits per heavy atom. The number of aromatic hydroxyl groups is 1. The summed E-state index contributed by atoms with van der Waals surface area (Å²) in [5, 5.41) is 72.0. The zero-order valence-electron chi connectivity index (χ0n) is 26.1. The maximum Gasteiger partial charge on any atom is 0.229 e. The highest BCUT2D eigenvalue weighted by Gasteiger charge is 2.49. The molecule has 47 heavy (non-hydrogen) atoms. The second-order valence-electron chi connectivity index (χ2n) is 12.3. The van der Waals surface area contributed by atoms with Gasteiger partial charge in [-0.25, -0.2) is 0 Å². The minimum atomic E-state index is -1.68. The zero-order chi connectivity index (χ0) is 33.6. The Morgan fingerprint density at radius 1 is 0.660 bits per heavy atom. The smallest absolute Gasteiger partial charge is 0.229 e. The van der Waals surface area contributed by atoms with Crippen molar-refractivity contribution in [1.82, 2.24) is 0 Å². The van der Waals surface area contributed by atoms with Crippen LogP contribution in [0.25, 0.3) is 0 Å². The van der Waals surface area contributed by atoms with Gasteiger partial charge in [-0.15, -0.1) is 0 Å². The number of aliphatic hydroxyl groups is 6. The number of phenolic OH excluding ortho intramolecular Hbond substituents is 1. The van der Waals surface area contributed by atoms with Crippen molar-refractivity contribution >= 4 is 0 Å². The van der Waals surface area contributed by atoms with E-state index >= 15 is 0 Å². The average Bonchev–Trinajstić information content (AvgIpc) is 3.69. The van der Waals surface area contributed by atoms with Crippen LogP contribution in [-0.4, -0.2) is 131 Å². The summed E-state index contributed by atoms with van der Waals surface area (Å²) in [6, 6.07) is 10.3. The third-order valence-corrected chi connectivity index (χ3v) is 9.46. The minimum absolute atomic E-state index is 0.0381. The van der Waals surface area contributed by atoms with E-state index in [-0.39, 0.29) is 35.5 Å². The van der Waals surface area contributed by atoms with E-state index < -0.39 is 68.0 Å². The quantitative estimate of drug-likeness (QED) is 0.180. The highest BCUT2D eigenvalue weighted by molar-refractivity contribution is 5.45. The number of ether oxygens (including phenoxy) is 8. The van der Waals surface area contributed by atoms with Gasteiger partial charge in [0, 0.05) is 11.8 Å². The van der Waals surface area contributed by atoms with Crippen LogP contribution < -0.4 is 14.2 Å². The minimum Gasteiger partial charge on any atom is -0.504 e. The Labute approximate surface area is 270 Å². The average molecular weight is 667 g/mol. The first kappa shape index (κ1) is 34.1. The standard InChI is InChI=1S/C32H42O15/c1-13-23(34)25(36)27(38)31(45-13)44-12-22-24(35)26(37)28(39)32(47-22)46-19-7-5-15(9-21(19)41-3)30-17-11-42-29(16(17)10-43-30)14-4-6-18(33)20(8-14)40-2/h4-9,13,16-17,22-39H,10-12H2,1-3H3/t13-,16+,17-,22+,23+,24-,25-,26+,27-,28-,29-,30+,31-,32-/m1/s1. The molecule has 0 saturated carbocycles. The lowest BCUT2D eigenvalue weighted by Crippen LogP contribution is -2.61. The topological polar surface area (TPSA) is 215 Å². The molecule has 14 atom stereocenters. The van der Waals surface area contributed by atoms with E-state index in [1.165, 1.54) is 21.1 Å². The molecule has 6 rings (SSSR count). The number of benzene rings is 2. The Balaban J connectivity index is 1.12. The van der Waals surface area contributed by atoms with Gasteiger partial charge in [-0.3, -0.25) is 0 Å². The molecule has 0 spiro atoms. The van der Waals surface area contributed by atoms with Gasteiger partial charge in [0.1, 0.15) is 42.7 Å². The maximum absolute atomic E-state index is 10.7. The number of phenols is 1. The van der Waals surface area contributed by atoms with Gasteiger partial charge < -0.3 is 73.6 Å². The lowest BCUT2D eigenvalue weighted by molar-refractivity contribution is -0.318. The van der Waals surface area contributed by atoms with Crippen molar-refractivity contribution in [3.8, 4) is 23.0 Å². The van der Waals surface area contributed by atoms with Gasteiger partial charge in [0.05, 0.1) is 52.4 Å². The lowest BCUT2D eigenvalue weighted by Gasteiger charge is -2.42. The molecule has 4 heterocycles. The van der Waals surface area contributed by atoms with Crippen LogP contribution in [-0.2, 0) is 23.7 Å². The highest BCUT2D eigenvalue weighted by atomic mass is 16.7. The SMILES string of the molecule is COc1cc([C@H]2OC[C@@H]3[C@@H]2CO[C@H]3c2ccc(O[C@@H]3O[C@@H](CO[C@@H]4O[C@H](C)[C@H](O)[C@@H](O)[C@H]4O)[C@@H](O)[C@H](O)[C@H]3O)c(OC)c2)ccc1O. The molecule has 15 heteroatoms. The summed E-state index contributed by atoms with van der Waals surface area (Å²) in [5.74, 6) is 1.00. The van der Waals surface area contributed by atoms with E-state index in [4.69, 9.17) is 37.9 Å². The molecule has 0 aromatic heterocycles. The normalized spacial score (nSPS) is 40.2. The van der Waals surface area contributed by atoms with Crippen molar-refractivity contribution in [2.45, 2.75) is 80.5 Å². The first-order valence-electron chi connectivity index (χ1n) is 15.5. The van der Waals surface area contributed by atoms with Crippen molar-refractivity contribution in [3.63, 3.8) is 0 Å². The van der Waals surface area contributed by atoms with Gasteiger partial charge >= 0.3 is 0 Å². The summed E-state index contributed by atoms with van der Waals surface area (Å²) in [6.07, 6.45) is -14.8. The summed E-state index contributed by atoms with van der Waals surface area (Å²) >= 11 is 0. The van der Waals surface area contributed by atoms with E-state index in [0.29, 0.717) is 24.7 Å². The van der Waals surface area contributed by atoms with Crippen molar-refractivity contribution in [2.24, 2.45) is 11.8 Å². The van der Waals surface area contributed by atoms with Gasteiger partial charge in [-0.1, -0.05) is 12.1 Å². The first-order valence-corrected chi connectivity index (χ1v) is 15.5. The summed E-state index contributed by atoms with van der Waals surface area (Å²) in [6.45, 7) is 1.99. The fraction of sp³-hybridized carbons (Fsp3) is 0.625. The molecule has 0 amide bonds. The Hall–Kier alpha value is -2.80. The van der Waals surface area contributed by atoms with Crippen molar-refractivity contribution in [1.29, 1.82) is 0 Å². The molecule has 2 aromatic carbocycles. The van der Waals surface area contributed by atoms with E-state index in [2.05, 4.69) is 0 Å². The number of rotatable bonds is 9. The third kappa shape index (κ3) is 6.50. The third-order valence-electron chi connectivity index (χ3n) is 9.46. The van der Waals surface area contributed by atoms with Gasteiger partial charge in [0.25, 0.3) is 0 Å². The van der Waals surface area contributed by atoms with E-state index in [9.17, 15) is 35.7 Å². The van der Waals surface area contributed by atoms with Crippen LogP contribution in [0.5, 0.6) is 23.0 Å². The summed E-state index contributed by atoms with van der Waals surface area (Å²) in [4.78, 5) is 0. The Kier molecular flexibility index (Phi) is 10.1. The first-order chi connectivity index (χ1) is 22.5. The molecule has 0 unspecified atom stereocenters. The molecular formula is C32H42O15. The number of fused-ring (bicyclic) bond motifs is 1. The number of hydrogen-bond acceptors (Lipinski definition) is 15. The van der Waals surface area contributed by atoms with Crippen molar-refractivity contribution in [2.75, 3.05) is 34.0 Å². The Bertz CT molecular complexity index is 1380. The molecule has 0 radical (unpaired) electrons. The van der Waals surface area contributed by atoms with Crippen LogP contribution in [0.2, 0.25) is 0 Å². The maximum atomic E-state index is 10.7. The summed E-state index contributed by atoms with van der Waals surface area (Å²) < 4.78 is 45.9. The molecule has 15 nitrogen and oxygen atoms in total. The molecule has 4 aliphatic heterocycles. The number of aliphatic hydroxyl groups excluding tert-OH is 6. The highest BCUT2D eigenvalue weighted by Crippen LogP contribution is 2.51. The van der Waals surface area contributed by atoms with E-state index in [1.807, 2.05) is 6.07 Å². The lowest BCUT2D eigenvalue weighted by atomic mass is 9.85. The van der Waals surface area contributed by atoms with Crippen LogP contribution in [0.1, 0.15) is 30.3 Å². The van der Waals surface area contributed by atoms with Crippen molar-refractivity contribution in [3.05, 3.63) is 47.5 Å². The van der Waals surface area contributed by atoms with Gasteiger partial charge in [0.2, 0.25) is 6.29 Å². The number of hydrogen-bond donors (Lipinski definition) is 7. The molecule has 2 aromatic rings. The monoisotopic (exact) mass is 666 g/mol. The van der Waals surface area contributed by atoms with Crippen LogP contribution in [0.4, 0.5) is 0 Å². The molecule has 0 aliphatic carbocycles. The second-order valence-corrected chi connectivity index (χ2v) is 12.3. The zero-order valence-corrected chi connectivity index (χ0v) is 26.1. The largest absolute Gasteiger partial charge is 0.504 e. The fourth-order valence-corrected chi connectivity index (χ4v) is 6.68. The van der Waals surface area contributed by atoms with Crippen LogP contribution >= 0.6 is 0 Å². The molecule has 4 fully saturated rings.